The van der Waals surface area contributed by atoms with Crippen molar-refractivity contribution in [2.75, 3.05) is 6.61 Å². The summed E-state index contributed by atoms with van der Waals surface area (Å²) in [5, 5.41) is 1.56. The molecule has 3 unspecified atom stereocenters. The highest BCUT2D eigenvalue weighted by Gasteiger charge is 2.39. The molecule has 0 N–H and O–H groups in total. The molecule has 0 aliphatic heterocycles. The van der Waals surface area contributed by atoms with Crippen molar-refractivity contribution in [2.45, 2.75) is 31.0 Å². The van der Waals surface area contributed by atoms with Crippen molar-refractivity contribution in [1.82, 2.24) is 0 Å². The van der Waals surface area contributed by atoms with Crippen molar-refractivity contribution in [1.29, 1.82) is 0 Å². The monoisotopic (exact) mass is 328 g/mol. The zero-order valence-corrected chi connectivity index (χ0v) is 12.7. The summed E-state index contributed by atoms with van der Waals surface area (Å²) in [6.45, 7) is 0.842. The second kappa shape index (κ2) is 5.42. The second-order valence-corrected chi connectivity index (χ2v) is 6.61. The minimum Gasteiger partial charge on any atom is -0.492 e. The van der Waals surface area contributed by atoms with Crippen LogP contribution in [0.15, 0.2) is 18.2 Å². The predicted octanol–water partition coefficient (Wildman–Crippen LogP) is 5.05. The third-order valence-electron chi connectivity index (χ3n) is 4.49. The highest BCUT2D eigenvalue weighted by atomic mass is 79.9. The van der Waals surface area contributed by atoms with E-state index in [1.807, 2.05) is 12.1 Å². The van der Waals surface area contributed by atoms with Gasteiger partial charge in [0.1, 0.15) is 5.75 Å². The van der Waals surface area contributed by atoms with Crippen LogP contribution < -0.4 is 4.74 Å². The SMILES string of the molecule is Clc1cc(CBr)ccc1OCC1CC2CCC1C2. The van der Waals surface area contributed by atoms with Gasteiger partial charge in [-0.05, 0) is 54.7 Å². The summed E-state index contributed by atoms with van der Waals surface area (Å²) in [7, 11) is 0. The van der Waals surface area contributed by atoms with Gasteiger partial charge in [0, 0.05) is 5.33 Å². The number of hydrogen-bond donors (Lipinski definition) is 0. The van der Waals surface area contributed by atoms with Crippen LogP contribution >= 0.6 is 27.5 Å². The molecular weight excluding hydrogens is 312 g/mol. The maximum atomic E-state index is 6.23. The highest BCUT2D eigenvalue weighted by Crippen LogP contribution is 2.48. The predicted molar refractivity (Wildman–Crippen MR) is 78.5 cm³/mol. The average Bonchev–Trinajstić information content (AvgIpc) is 2.99. The lowest BCUT2D eigenvalue weighted by molar-refractivity contribution is 0.195. The largest absolute Gasteiger partial charge is 0.492 e. The van der Waals surface area contributed by atoms with Crippen LogP contribution in [0, 0.1) is 17.8 Å². The lowest BCUT2D eigenvalue weighted by Gasteiger charge is -2.22. The van der Waals surface area contributed by atoms with Crippen molar-refractivity contribution in [3.05, 3.63) is 28.8 Å². The topological polar surface area (TPSA) is 9.23 Å². The van der Waals surface area contributed by atoms with E-state index in [9.17, 15) is 0 Å². The molecule has 1 aromatic carbocycles. The van der Waals surface area contributed by atoms with Gasteiger partial charge in [-0.1, -0.05) is 40.0 Å². The molecule has 3 rings (SSSR count). The summed E-state index contributed by atoms with van der Waals surface area (Å²) in [5.74, 6) is 3.49. The fraction of sp³-hybridized carbons (Fsp3) is 0.600. The zero-order chi connectivity index (χ0) is 12.5. The number of alkyl halides is 1. The Kier molecular flexibility index (Phi) is 3.86. The minimum atomic E-state index is 0.732. The summed E-state index contributed by atoms with van der Waals surface area (Å²) in [6.07, 6.45) is 5.66. The Morgan fingerprint density at radius 1 is 1.28 bits per heavy atom. The van der Waals surface area contributed by atoms with Crippen LogP contribution in [0.4, 0.5) is 0 Å². The third kappa shape index (κ3) is 2.55. The molecule has 2 saturated carbocycles. The zero-order valence-electron chi connectivity index (χ0n) is 10.4. The Balaban J connectivity index is 1.60. The van der Waals surface area contributed by atoms with E-state index < -0.39 is 0 Å². The van der Waals surface area contributed by atoms with Gasteiger partial charge < -0.3 is 4.74 Å². The smallest absolute Gasteiger partial charge is 0.137 e. The lowest BCUT2D eigenvalue weighted by Crippen LogP contribution is -2.18. The number of fused-ring (bicyclic) bond motifs is 2. The first-order valence-electron chi connectivity index (χ1n) is 6.73. The molecule has 18 heavy (non-hydrogen) atoms. The Morgan fingerprint density at radius 3 is 2.78 bits per heavy atom. The van der Waals surface area contributed by atoms with Crippen LogP contribution in [0.25, 0.3) is 0 Å². The van der Waals surface area contributed by atoms with E-state index >= 15 is 0 Å². The van der Waals surface area contributed by atoms with Crippen LogP contribution in [-0.2, 0) is 5.33 Å². The van der Waals surface area contributed by atoms with Crippen molar-refractivity contribution in [2.24, 2.45) is 17.8 Å². The molecule has 0 radical (unpaired) electrons. The Hall–Kier alpha value is -0.210. The van der Waals surface area contributed by atoms with Crippen LogP contribution in [0.5, 0.6) is 5.75 Å². The van der Waals surface area contributed by atoms with Gasteiger partial charge in [0.25, 0.3) is 0 Å². The molecule has 0 spiro atoms. The molecule has 0 amide bonds. The maximum Gasteiger partial charge on any atom is 0.137 e. The van der Waals surface area contributed by atoms with Gasteiger partial charge in [0.2, 0.25) is 0 Å². The summed E-state index contributed by atoms with van der Waals surface area (Å²) in [4.78, 5) is 0. The average molecular weight is 330 g/mol. The number of ether oxygens (including phenoxy) is 1. The first-order valence-corrected chi connectivity index (χ1v) is 8.23. The molecule has 1 aromatic rings. The van der Waals surface area contributed by atoms with E-state index in [0.29, 0.717) is 0 Å². The van der Waals surface area contributed by atoms with Crippen LogP contribution in [0.2, 0.25) is 5.02 Å². The van der Waals surface area contributed by atoms with Crippen LogP contribution in [-0.4, -0.2) is 6.61 Å². The van der Waals surface area contributed by atoms with Crippen molar-refractivity contribution >= 4 is 27.5 Å². The number of rotatable bonds is 4. The summed E-state index contributed by atoms with van der Waals surface area (Å²) < 4.78 is 5.93. The van der Waals surface area contributed by atoms with E-state index in [-0.39, 0.29) is 0 Å². The first kappa shape index (κ1) is 12.8. The molecule has 2 fully saturated rings. The molecule has 3 heteroatoms. The van der Waals surface area contributed by atoms with Gasteiger partial charge >= 0.3 is 0 Å². The van der Waals surface area contributed by atoms with Gasteiger partial charge in [-0.25, -0.2) is 0 Å². The lowest BCUT2D eigenvalue weighted by atomic mass is 9.89. The Morgan fingerprint density at radius 2 is 2.17 bits per heavy atom. The van der Waals surface area contributed by atoms with E-state index in [1.165, 1.54) is 31.2 Å². The normalized spacial score (nSPS) is 29.8. The molecule has 2 aliphatic carbocycles. The van der Waals surface area contributed by atoms with E-state index in [2.05, 4.69) is 22.0 Å². The molecule has 0 saturated heterocycles. The molecular formula is C15H18BrClO. The minimum absolute atomic E-state index is 0.732. The van der Waals surface area contributed by atoms with E-state index in [4.69, 9.17) is 16.3 Å². The van der Waals surface area contributed by atoms with Crippen molar-refractivity contribution in [3.63, 3.8) is 0 Å². The molecule has 1 nitrogen and oxygen atoms in total. The molecule has 0 heterocycles. The fourth-order valence-corrected chi connectivity index (χ4v) is 4.13. The van der Waals surface area contributed by atoms with E-state index in [1.54, 1.807) is 0 Å². The van der Waals surface area contributed by atoms with Crippen molar-refractivity contribution < 1.29 is 4.74 Å². The number of hydrogen-bond acceptors (Lipinski definition) is 1. The van der Waals surface area contributed by atoms with Gasteiger partial charge in [0.15, 0.2) is 0 Å². The molecule has 3 atom stereocenters. The van der Waals surface area contributed by atoms with Gasteiger partial charge in [-0.3, -0.25) is 0 Å². The summed E-state index contributed by atoms with van der Waals surface area (Å²) in [5.41, 5.74) is 1.19. The first-order chi connectivity index (χ1) is 8.76. The second-order valence-electron chi connectivity index (χ2n) is 5.64. The molecule has 2 aliphatic rings. The van der Waals surface area contributed by atoms with E-state index in [0.717, 1.165) is 40.5 Å². The molecule has 98 valence electrons. The van der Waals surface area contributed by atoms with Gasteiger partial charge in [0.05, 0.1) is 11.6 Å². The molecule has 0 aromatic heterocycles. The number of halogens is 2. The molecule has 2 bridgehead atoms. The van der Waals surface area contributed by atoms with Gasteiger partial charge in [-0.15, -0.1) is 0 Å². The standard InChI is InChI=1S/C15H18BrClO/c16-8-11-2-4-15(14(17)7-11)18-9-13-6-10-1-3-12(13)5-10/h2,4,7,10,12-13H,1,3,5-6,8-9H2. The Bertz CT molecular complexity index is 435. The van der Waals surface area contributed by atoms with Crippen LogP contribution in [0.3, 0.4) is 0 Å². The van der Waals surface area contributed by atoms with Crippen molar-refractivity contribution in [3.8, 4) is 5.75 Å². The maximum absolute atomic E-state index is 6.23. The highest BCUT2D eigenvalue weighted by molar-refractivity contribution is 9.08. The third-order valence-corrected chi connectivity index (χ3v) is 5.43. The van der Waals surface area contributed by atoms with Gasteiger partial charge in [-0.2, -0.15) is 0 Å². The number of benzene rings is 1. The summed E-state index contributed by atoms with van der Waals surface area (Å²) >= 11 is 9.66. The van der Waals surface area contributed by atoms with Crippen LogP contribution in [0.1, 0.15) is 31.2 Å². The fourth-order valence-electron chi connectivity index (χ4n) is 3.52. The Labute approximate surface area is 122 Å². The quantitative estimate of drug-likeness (QED) is 0.702. The summed E-state index contributed by atoms with van der Waals surface area (Å²) in [6, 6.07) is 6.04.